The van der Waals surface area contributed by atoms with Crippen molar-refractivity contribution < 1.29 is 0 Å². The third kappa shape index (κ3) is 1.99. The maximum atomic E-state index is 11.3. The summed E-state index contributed by atoms with van der Waals surface area (Å²) >= 11 is 4.23. The molecule has 0 saturated carbocycles. The van der Waals surface area contributed by atoms with E-state index in [1.165, 1.54) is 6.07 Å². The summed E-state index contributed by atoms with van der Waals surface area (Å²) < 4.78 is 0. The Morgan fingerprint density at radius 3 is 2.69 bits per heavy atom. The third-order valence-electron chi connectivity index (χ3n) is 1.77. The van der Waals surface area contributed by atoms with Crippen LogP contribution in [0.1, 0.15) is 0 Å². The monoisotopic (exact) mass is 200 g/mol. The van der Waals surface area contributed by atoms with Crippen LogP contribution in [-0.4, -0.2) is 34.5 Å². The van der Waals surface area contributed by atoms with Crippen LogP contribution < -0.4 is 5.43 Å². The van der Waals surface area contributed by atoms with Gasteiger partial charge in [-0.1, -0.05) is 6.07 Å². The van der Waals surface area contributed by atoms with E-state index in [9.17, 15) is 4.79 Å². The Balaban J connectivity index is 0.000000845. The van der Waals surface area contributed by atoms with Crippen molar-refractivity contribution in [2.75, 3.05) is 0 Å². The molecule has 0 spiro atoms. The molecule has 0 aliphatic carbocycles. The van der Waals surface area contributed by atoms with E-state index in [-0.39, 0.29) is 35.0 Å². The maximum absolute atomic E-state index is 11.3. The fourth-order valence-corrected chi connectivity index (χ4v) is 1.46. The van der Waals surface area contributed by atoms with Crippen LogP contribution in [-0.2, 0) is 0 Å². The number of H-pyrrole nitrogens is 1. The molecule has 0 atom stereocenters. The third-order valence-corrected chi connectivity index (χ3v) is 2.14. The normalized spacial score (nSPS) is 9.62. The molecule has 0 fully saturated rings. The van der Waals surface area contributed by atoms with Gasteiger partial charge in [-0.3, -0.25) is 4.79 Å². The first-order valence-electron chi connectivity index (χ1n) is 3.58. The van der Waals surface area contributed by atoms with Crippen LogP contribution in [0.3, 0.4) is 0 Å². The van der Waals surface area contributed by atoms with Gasteiger partial charge in [-0.25, -0.2) is 0 Å². The quantitative estimate of drug-likeness (QED) is 0.489. The SMILES string of the molecule is O=c1cc[nH]c2c(S)cccc12.[Na]. The standard InChI is InChI=1S/C9H7NOS.Na/c11-7-4-5-10-9-6(7)2-1-3-8(9)12;/h1-5,12H,(H,10,11);. The number of aromatic amines is 1. The van der Waals surface area contributed by atoms with Crippen LogP contribution in [0.25, 0.3) is 10.9 Å². The molecule has 2 rings (SSSR count). The molecule has 0 saturated heterocycles. The average Bonchev–Trinajstić information content (AvgIpc) is 2.07. The van der Waals surface area contributed by atoms with E-state index in [1.807, 2.05) is 12.1 Å². The van der Waals surface area contributed by atoms with Gasteiger partial charge in [-0.2, -0.15) is 0 Å². The zero-order valence-electron chi connectivity index (χ0n) is 7.24. The number of hydrogen-bond acceptors (Lipinski definition) is 2. The first kappa shape index (κ1) is 10.9. The number of thiol groups is 1. The molecule has 1 aromatic heterocycles. The molecule has 1 heterocycles. The molecule has 1 aromatic carbocycles. The van der Waals surface area contributed by atoms with E-state index in [2.05, 4.69) is 17.6 Å². The van der Waals surface area contributed by atoms with Gasteiger partial charge < -0.3 is 4.98 Å². The molecule has 4 heteroatoms. The molecule has 0 amide bonds. The summed E-state index contributed by atoms with van der Waals surface area (Å²) in [5, 5.41) is 0.685. The van der Waals surface area contributed by atoms with Crippen molar-refractivity contribution >= 4 is 53.1 Å². The van der Waals surface area contributed by atoms with Crippen LogP contribution in [0.15, 0.2) is 40.2 Å². The first-order valence-corrected chi connectivity index (χ1v) is 4.03. The van der Waals surface area contributed by atoms with Crippen molar-refractivity contribution in [3.05, 3.63) is 40.7 Å². The van der Waals surface area contributed by atoms with Gasteiger partial charge in [-0.15, -0.1) is 12.6 Å². The zero-order chi connectivity index (χ0) is 8.55. The fourth-order valence-electron chi connectivity index (χ4n) is 1.19. The van der Waals surface area contributed by atoms with Gasteiger partial charge in [0.15, 0.2) is 5.43 Å². The van der Waals surface area contributed by atoms with Gasteiger partial charge in [0, 0.05) is 52.1 Å². The minimum absolute atomic E-state index is 0. The predicted molar refractivity (Wildman–Crippen MR) is 57.6 cm³/mol. The summed E-state index contributed by atoms with van der Waals surface area (Å²) in [5.41, 5.74) is 0.827. The van der Waals surface area contributed by atoms with E-state index in [1.54, 1.807) is 12.3 Å². The van der Waals surface area contributed by atoms with Gasteiger partial charge in [0.25, 0.3) is 0 Å². The summed E-state index contributed by atoms with van der Waals surface area (Å²) in [7, 11) is 0. The number of fused-ring (bicyclic) bond motifs is 1. The summed E-state index contributed by atoms with van der Waals surface area (Å²) in [4.78, 5) is 15.1. The van der Waals surface area contributed by atoms with Crippen LogP contribution in [0, 0.1) is 0 Å². The molecule has 0 aliphatic rings. The van der Waals surface area contributed by atoms with E-state index >= 15 is 0 Å². The number of pyridine rings is 1. The van der Waals surface area contributed by atoms with E-state index in [0.717, 1.165) is 10.4 Å². The Morgan fingerprint density at radius 1 is 1.23 bits per heavy atom. The Labute approximate surface area is 103 Å². The minimum atomic E-state index is 0. The van der Waals surface area contributed by atoms with Crippen molar-refractivity contribution in [3.63, 3.8) is 0 Å². The number of rotatable bonds is 0. The van der Waals surface area contributed by atoms with Crippen LogP contribution in [0.5, 0.6) is 0 Å². The molecule has 2 nitrogen and oxygen atoms in total. The molecule has 1 N–H and O–H groups in total. The molecule has 2 aromatic rings. The number of hydrogen-bond donors (Lipinski definition) is 2. The largest absolute Gasteiger partial charge is 0.360 e. The smallest absolute Gasteiger partial charge is 0.189 e. The summed E-state index contributed by atoms with van der Waals surface area (Å²) in [5.74, 6) is 0. The van der Waals surface area contributed by atoms with Crippen molar-refractivity contribution in [2.24, 2.45) is 0 Å². The second-order valence-corrected chi connectivity index (χ2v) is 3.02. The zero-order valence-corrected chi connectivity index (χ0v) is 10.1. The fraction of sp³-hybridized carbons (Fsp3) is 0. The predicted octanol–water partition coefficient (Wildman–Crippen LogP) is 1.44. The molecule has 61 valence electrons. The van der Waals surface area contributed by atoms with E-state index in [0.29, 0.717) is 5.39 Å². The topological polar surface area (TPSA) is 32.9 Å². The van der Waals surface area contributed by atoms with Crippen molar-refractivity contribution in [1.82, 2.24) is 4.98 Å². The van der Waals surface area contributed by atoms with Crippen molar-refractivity contribution in [3.8, 4) is 0 Å². The molecule has 1 radical (unpaired) electrons. The average molecular weight is 200 g/mol. The van der Waals surface area contributed by atoms with Gasteiger partial charge in [-0.05, 0) is 12.1 Å². The minimum Gasteiger partial charge on any atom is -0.360 e. The number of aromatic nitrogens is 1. The van der Waals surface area contributed by atoms with Gasteiger partial charge in [0.2, 0.25) is 0 Å². The van der Waals surface area contributed by atoms with Crippen molar-refractivity contribution in [2.45, 2.75) is 4.90 Å². The van der Waals surface area contributed by atoms with E-state index < -0.39 is 0 Å². The number of benzene rings is 1. The first-order chi connectivity index (χ1) is 5.79. The Kier molecular flexibility index (Phi) is 3.62. The number of para-hydroxylation sites is 1. The molecule has 13 heavy (non-hydrogen) atoms. The molecule has 0 aliphatic heterocycles. The Bertz CT molecular complexity index is 480. The molecular weight excluding hydrogens is 193 g/mol. The summed E-state index contributed by atoms with van der Waals surface area (Å²) in [6, 6.07) is 6.96. The molecule has 0 bridgehead atoms. The van der Waals surface area contributed by atoms with Gasteiger partial charge >= 0.3 is 0 Å². The molecule has 0 unspecified atom stereocenters. The summed E-state index contributed by atoms with van der Waals surface area (Å²) in [6.07, 6.45) is 1.63. The van der Waals surface area contributed by atoms with Crippen LogP contribution >= 0.6 is 12.6 Å². The second kappa shape index (κ2) is 4.33. The van der Waals surface area contributed by atoms with Crippen LogP contribution in [0.2, 0.25) is 0 Å². The van der Waals surface area contributed by atoms with Gasteiger partial charge in [0.05, 0.1) is 5.52 Å². The maximum Gasteiger partial charge on any atom is 0.189 e. The summed E-state index contributed by atoms with van der Waals surface area (Å²) in [6.45, 7) is 0. The van der Waals surface area contributed by atoms with Gasteiger partial charge in [0.1, 0.15) is 0 Å². The Hall–Kier alpha value is -0.220. The van der Waals surface area contributed by atoms with Crippen molar-refractivity contribution in [1.29, 1.82) is 0 Å². The number of nitrogens with one attached hydrogen (secondary N) is 1. The molecular formula is C9H7NNaOS. The van der Waals surface area contributed by atoms with Crippen LogP contribution in [0.4, 0.5) is 0 Å². The second-order valence-electron chi connectivity index (χ2n) is 2.54. The Morgan fingerprint density at radius 2 is 2.00 bits per heavy atom. The van der Waals surface area contributed by atoms with E-state index in [4.69, 9.17) is 0 Å².